The van der Waals surface area contributed by atoms with Crippen LogP contribution < -0.4 is 10.1 Å². The van der Waals surface area contributed by atoms with E-state index in [-0.39, 0.29) is 0 Å². The molecule has 1 N–H and O–H groups in total. The number of hydrogen-bond donors (Lipinski definition) is 1. The summed E-state index contributed by atoms with van der Waals surface area (Å²) in [6.07, 6.45) is 4.55. The van der Waals surface area contributed by atoms with Gasteiger partial charge in [-0.1, -0.05) is 13.3 Å². The van der Waals surface area contributed by atoms with E-state index in [1.807, 2.05) is 19.9 Å². The molecular formula is C16H19N3O3. The number of ether oxygens (including phenoxy) is 2. The molecule has 1 amide bonds. The van der Waals surface area contributed by atoms with Gasteiger partial charge in [-0.25, -0.2) is 9.78 Å². The van der Waals surface area contributed by atoms with Crippen LogP contribution in [0.15, 0.2) is 36.7 Å². The molecule has 0 spiro atoms. The lowest BCUT2D eigenvalue weighted by molar-refractivity contribution is 0.160. The summed E-state index contributed by atoms with van der Waals surface area (Å²) in [7, 11) is 0. The Morgan fingerprint density at radius 1 is 1.27 bits per heavy atom. The molecule has 2 rings (SSSR count). The zero-order valence-corrected chi connectivity index (χ0v) is 12.7. The van der Waals surface area contributed by atoms with Gasteiger partial charge in [-0.2, -0.15) is 0 Å². The Morgan fingerprint density at radius 3 is 2.91 bits per heavy atom. The lowest BCUT2D eigenvalue weighted by Gasteiger charge is -2.09. The SMILES string of the molecule is CCCCOC(=O)Nc1cc(Oc2cccnc2C)ccn1. The van der Waals surface area contributed by atoms with Crippen LogP contribution in [-0.4, -0.2) is 22.7 Å². The van der Waals surface area contributed by atoms with Crippen molar-refractivity contribution in [1.29, 1.82) is 0 Å². The van der Waals surface area contributed by atoms with E-state index in [1.165, 1.54) is 0 Å². The Balaban J connectivity index is 1.98. The highest BCUT2D eigenvalue weighted by Gasteiger charge is 2.07. The van der Waals surface area contributed by atoms with Gasteiger partial charge in [0, 0.05) is 18.5 Å². The van der Waals surface area contributed by atoms with E-state index < -0.39 is 6.09 Å². The predicted octanol–water partition coefficient (Wildman–Crippen LogP) is 3.93. The molecule has 2 aromatic heterocycles. The average Bonchev–Trinajstić information content (AvgIpc) is 2.50. The second-order valence-corrected chi connectivity index (χ2v) is 4.68. The Bertz CT molecular complexity index is 632. The van der Waals surface area contributed by atoms with Crippen LogP contribution in [0.4, 0.5) is 10.6 Å². The van der Waals surface area contributed by atoms with Crippen molar-refractivity contribution in [2.24, 2.45) is 0 Å². The van der Waals surface area contributed by atoms with Crippen molar-refractivity contribution in [3.63, 3.8) is 0 Å². The highest BCUT2D eigenvalue weighted by atomic mass is 16.5. The minimum absolute atomic E-state index is 0.376. The van der Waals surface area contributed by atoms with Gasteiger partial charge in [0.1, 0.15) is 17.3 Å². The lowest BCUT2D eigenvalue weighted by atomic mass is 10.3. The number of unbranched alkanes of at least 4 members (excludes halogenated alkanes) is 1. The number of carbonyl (C=O) groups excluding carboxylic acids is 1. The predicted molar refractivity (Wildman–Crippen MR) is 83.2 cm³/mol. The van der Waals surface area contributed by atoms with E-state index in [0.717, 1.165) is 18.5 Å². The molecule has 2 heterocycles. The maximum Gasteiger partial charge on any atom is 0.412 e. The van der Waals surface area contributed by atoms with E-state index >= 15 is 0 Å². The first-order valence-electron chi connectivity index (χ1n) is 7.18. The van der Waals surface area contributed by atoms with Gasteiger partial charge in [0.05, 0.1) is 12.3 Å². The third-order valence-electron chi connectivity index (χ3n) is 2.88. The third kappa shape index (κ3) is 4.73. The molecule has 6 heteroatoms. The smallest absolute Gasteiger partial charge is 0.412 e. The number of anilines is 1. The van der Waals surface area contributed by atoms with Crippen LogP contribution in [0.1, 0.15) is 25.5 Å². The highest BCUT2D eigenvalue weighted by Crippen LogP contribution is 2.24. The second-order valence-electron chi connectivity index (χ2n) is 4.68. The number of hydrogen-bond acceptors (Lipinski definition) is 5. The highest BCUT2D eigenvalue weighted by molar-refractivity contribution is 5.83. The van der Waals surface area contributed by atoms with Gasteiger partial charge in [-0.05, 0) is 31.5 Å². The summed E-state index contributed by atoms with van der Waals surface area (Å²) >= 11 is 0. The molecule has 0 bridgehead atoms. The fourth-order valence-electron chi connectivity index (χ4n) is 1.70. The normalized spacial score (nSPS) is 10.1. The Morgan fingerprint density at radius 2 is 2.14 bits per heavy atom. The summed E-state index contributed by atoms with van der Waals surface area (Å²) in [5.41, 5.74) is 0.785. The Kier molecular flexibility index (Phi) is 5.71. The molecule has 22 heavy (non-hydrogen) atoms. The minimum atomic E-state index is -0.518. The fraction of sp³-hybridized carbons (Fsp3) is 0.312. The zero-order chi connectivity index (χ0) is 15.8. The van der Waals surface area contributed by atoms with Gasteiger partial charge in [0.25, 0.3) is 0 Å². The second kappa shape index (κ2) is 7.97. The molecule has 6 nitrogen and oxygen atoms in total. The topological polar surface area (TPSA) is 73.3 Å². The van der Waals surface area contributed by atoms with Crippen LogP contribution in [-0.2, 0) is 4.74 Å². The molecule has 0 fully saturated rings. The van der Waals surface area contributed by atoms with Gasteiger partial charge in [0.2, 0.25) is 0 Å². The number of aromatic nitrogens is 2. The zero-order valence-electron chi connectivity index (χ0n) is 12.7. The monoisotopic (exact) mass is 301 g/mol. The van der Waals surface area contributed by atoms with Crippen LogP contribution in [0.3, 0.4) is 0 Å². The number of pyridine rings is 2. The van der Waals surface area contributed by atoms with Gasteiger partial charge in [-0.3, -0.25) is 10.3 Å². The molecule has 116 valence electrons. The van der Waals surface area contributed by atoms with Gasteiger partial charge < -0.3 is 9.47 Å². The molecule has 0 unspecified atom stereocenters. The molecule has 0 atom stereocenters. The van der Waals surface area contributed by atoms with Crippen molar-refractivity contribution in [3.8, 4) is 11.5 Å². The Hall–Kier alpha value is -2.63. The first-order chi connectivity index (χ1) is 10.7. The standard InChI is InChI=1S/C16H19N3O3/c1-3-4-10-21-16(20)19-15-11-13(7-9-18-15)22-14-6-5-8-17-12(14)2/h5-9,11H,3-4,10H2,1-2H3,(H,18,19,20). The average molecular weight is 301 g/mol. The van der Waals surface area contributed by atoms with E-state index in [1.54, 1.807) is 30.6 Å². The van der Waals surface area contributed by atoms with Crippen molar-refractivity contribution in [3.05, 3.63) is 42.4 Å². The van der Waals surface area contributed by atoms with Gasteiger partial charge in [-0.15, -0.1) is 0 Å². The quantitative estimate of drug-likeness (QED) is 0.818. The van der Waals surface area contributed by atoms with E-state index in [2.05, 4.69) is 15.3 Å². The fourth-order valence-corrected chi connectivity index (χ4v) is 1.70. The molecule has 0 aromatic carbocycles. The van der Waals surface area contributed by atoms with E-state index in [0.29, 0.717) is 23.9 Å². The number of carbonyl (C=O) groups is 1. The van der Waals surface area contributed by atoms with Crippen molar-refractivity contribution in [2.45, 2.75) is 26.7 Å². The van der Waals surface area contributed by atoms with Crippen molar-refractivity contribution < 1.29 is 14.3 Å². The molecule has 0 aliphatic rings. The molecular weight excluding hydrogens is 282 g/mol. The van der Waals surface area contributed by atoms with E-state index in [9.17, 15) is 4.79 Å². The molecule has 0 saturated heterocycles. The molecule has 0 radical (unpaired) electrons. The molecule has 0 aliphatic heterocycles. The third-order valence-corrected chi connectivity index (χ3v) is 2.88. The maximum absolute atomic E-state index is 11.6. The minimum Gasteiger partial charge on any atom is -0.455 e. The summed E-state index contributed by atoms with van der Waals surface area (Å²) in [6, 6.07) is 6.97. The number of amides is 1. The number of aryl methyl sites for hydroxylation is 1. The van der Waals surface area contributed by atoms with Crippen LogP contribution in [0.25, 0.3) is 0 Å². The van der Waals surface area contributed by atoms with Crippen LogP contribution in [0.2, 0.25) is 0 Å². The summed E-state index contributed by atoms with van der Waals surface area (Å²) in [5, 5.41) is 2.57. The maximum atomic E-state index is 11.6. The van der Waals surface area contributed by atoms with Crippen molar-refractivity contribution in [1.82, 2.24) is 9.97 Å². The largest absolute Gasteiger partial charge is 0.455 e. The number of nitrogens with zero attached hydrogens (tertiary/aromatic N) is 2. The number of rotatable bonds is 6. The van der Waals surface area contributed by atoms with E-state index in [4.69, 9.17) is 9.47 Å². The Labute approximate surface area is 129 Å². The number of nitrogens with one attached hydrogen (secondary N) is 1. The first kappa shape index (κ1) is 15.8. The summed E-state index contributed by atoms with van der Waals surface area (Å²) in [6.45, 7) is 4.29. The summed E-state index contributed by atoms with van der Waals surface area (Å²) in [5.74, 6) is 1.60. The van der Waals surface area contributed by atoms with Gasteiger partial charge in [0.15, 0.2) is 0 Å². The lowest BCUT2D eigenvalue weighted by Crippen LogP contribution is -2.15. The molecule has 2 aromatic rings. The summed E-state index contributed by atoms with van der Waals surface area (Å²) < 4.78 is 10.8. The molecule has 0 aliphatic carbocycles. The van der Waals surface area contributed by atoms with Crippen LogP contribution in [0.5, 0.6) is 11.5 Å². The van der Waals surface area contributed by atoms with Gasteiger partial charge >= 0.3 is 6.09 Å². The van der Waals surface area contributed by atoms with Crippen LogP contribution >= 0.6 is 0 Å². The molecule has 0 saturated carbocycles. The van der Waals surface area contributed by atoms with Crippen molar-refractivity contribution >= 4 is 11.9 Å². The van der Waals surface area contributed by atoms with Crippen LogP contribution in [0, 0.1) is 6.92 Å². The first-order valence-corrected chi connectivity index (χ1v) is 7.18. The summed E-state index contributed by atoms with van der Waals surface area (Å²) in [4.78, 5) is 19.8. The van der Waals surface area contributed by atoms with Crippen molar-refractivity contribution in [2.75, 3.05) is 11.9 Å².